The number of carbonyl (C=O) groups is 1. The minimum atomic E-state index is -0.0189. The number of rotatable bonds is 4. The molecule has 0 saturated heterocycles. The maximum Gasteiger partial charge on any atom is 0.251 e. The third-order valence-corrected chi connectivity index (χ3v) is 4.52. The van der Waals surface area contributed by atoms with Crippen molar-refractivity contribution in [2.45, 2.75) is 24.8 Å². The van der Waals surface area contributed by atoms with Gasteiger partial charge >= 0.3 is 0 Å². The number of benzene rings is 1. The molecule has 1 aromatic heterocycles. The van der Waals surface area contributed by atoms with E-state index in [9.17, 15) is 4.79 Å². The Bertz CT molecular complexity index is 628. The van der Waals surface area contributed by atoms with Gasteiger partial charge in [0.1, 0.15) is 0 Å². The Morgan fingerprint density at radius 2 is 2.25 bits per heavy atom. The zero-order chi connectivity index (χ0) is 14.2. The number of carbonyl (C=O) groups excluding carboxylic acids is 1. The van der Waals surface area contributed by atoms with Crippen LogP contribution in [0.3, 0.4) is 0 Å². The molecule has 20 heavy (non-hydrogen) atoms. The van der Waals surface area contributed by atoms with Gasteiger partial charge in [0.2, 0.25) is 0 Å². The Morgan fingerprint density at radius 3 is 2.90 bits per heavy atom. The maximum atomic E-state index is 12.3. The van der Waals surface area contributed by atoms with Crippen molar-refractivity contribution in [2.24, 2.45) is 0 Å². The summed E-state index contributed by atoms with van der Waals surface area (Å²) in [5.74, 6) is -0.0189. The monoisotopic (exact) mass is 272 g/mol. The summed E-state index contributed by atoms with van der Waals surface area (Å²) in [5.41, 5.74) is 1.71. The highest BCUT2D eigenvalue weighted by Crippen LogP contribution is 2.35. The lowest BCUT2D eigenvalue weighted by molar-refractivity contribution is 0.0557. The van der Waals surface area contributed by atoms with Crippen LogP contribution in [0.5, 0.6) is 0 Å². The number of fused-ring (bicyclic) bond motifs is 1. The lowest BCUT2D eigenvalue weighted by atomic mass is 9.75. The van der Waals surface area contributed by atoms with E-state index in [2.05, 4.69) is 34.5 Å². The molecule has 106 valence electrons. The fraction of sp³-hybridized carbons (Fsp3) is 0.467. The van der Waals surface area contributed by atoms with E-state index in [0.717, 1.165) is 23.7 Å². The largest absolute Gasteiger partial charge is 0.350 e. The highest BCUT2D eigenvalue weighted by molar-refractivity contribution is 5.97. The Kier molecular flexibility index (Phi) is 3.22. The van der Waals surface area contributed by atoms with Crippen LogP contribution >= 0.6 is 0 Å². The van der Waals surface area contributed by atoms with Crippen molar-refractivity contribution in [2.75, 3.05) is 20.6 Å². The summed E-state index contributed by atoms with van der Waals surface area (Å²) in [6, 6.07) is 5.61. The number of hydrogen-bond acceptors (Lipinski definition) is 3. The van der Waals surface area contributed by atoms with Gasteiger partial charge in [-0.2, -0.15) is 5.10 Å². The van der Waals surface area contributed by atoms with Crippen molar-refractivity contribution in [3.05, 3.63) is 30.0 Å². The molecule has 5 heteroatoms. The van der Waals surface area contributed by atoms with Gasteiger partial charge in [-0.3, -0.25) is 9.89 Å². The van der Waals surface area contributed by atoms with E-state index in [1.165, 1.54) is 6.42 Å². The van der Waals surface area contributed by atoms with Crippen molar-refractivity contribution in [1.29, 1.82) is 0 Å². The molecule has 1 aliphatic carbocycles. The second kappa shape index (κ2) is 4.90. The van der Waals surface area contributed by atoms with Gasteiger partial charge in [-0.25, -0.2) is 0 Å². The quantitative estimate of drug-likeness (QED) is 0.892. The van der Waals surface area contributed by atoms with E-state index in [1.807, 2.05) is 18.2 Å². The third kappa shape index (κ3) is 2.18. The molecule has 0 spiro atoms. The lowest BCUT2D eigenvalue weighted by Crippen LogP contribution is -2.57. The van der Waals surface area contributed by atoms with Crippen LogP contribution in [0.4, 0.5) is 0 Å². The van der Waals surface area contributed by atoms with Gasteiger partial charge in [0.05, 0.1) is 11.7 Å². The zero-order valence-corrected chi connectivity index (χ0v) is 11.9. The summed E-state index contributed by atoms with van der Waals surface area (Å²) >= 11 is 0. The Balaban J connectivity index is 1.69. The summed E-state index contributed by atoms with van der Waals surface area (Å²) < 4.78 is 0. The van der Waals surface area contributed by atoms with Crippen molar-refractivity contribution in [1.82, 2.24) is 20.4 Å². The maximum absolute atomic E-state index is 12.3. The number of nitrogens with zero attached hydrogens (tertiary/aromatic N) is 2. The SMILES string of the molecule is CN(C)C1(CNC(=O)c2ccc3cn[nH]c3c2)CCC1. The molecule has 1 heterocycles. The van der Waals surface area contributed by atoms with E-state index in [1.54, 1.807) is 6.20 Å². The molecule has 5 nitrogen and oxygen atoms in total. The minimum Gasteiger partial charge on any atom is -0.350 e. The van der Waals surface area contributed by atoms with Crippen LogP contribution in [0.25, 0.3) is 10.9 Å². The Hall–Kier alpha value is -1.88. The van der Waals surface area contributed by atoms with Crippen LogP contribution in [0.15, 0.2) is 24.4 Å². The van der Waals surface area contributed by atoms with E-state index in [0.29, 0.717) is 12.1 Å². The van der Waals surface area contributed by atoms with Crippen molar-refractivity contribution in [3.8, 4) is 0 Å². The number of amides is 1. The molecule has 1 saturated carbocycles. The molecule has 1 aliphatic rings. The normalized spacial score (nSPS) is 17.1. The number of aromatic nitrogens is 2. The molecular weight excluding hydrogens is 252 g/mol. The standard InChI is InChI=1S/C15H20N4O/c1-19(2)15(6-3-7-15)10-16-14(20)11-4-5-12-9-17-18-13(12)8-11/h4-5,8-9H,3,6-7,10H2,1-2H3,(H,16,20)(H,17,18). The molecule has 1 amide bonds. The summed E-state index contributed by atoms with van der Waals surface area (Å²) in [6.07, 6.45) is 5.31. The molecule has 2 N–H and O–H groups in total. The first-order chi connectivity index (χ1) is 9.61. The van der Waals surface area contributed by atoms with Gasteiger partial charge in [-0.1, -0.05) is 6.07 Å². The van der Waals surface area contributed by atoms with Crippen LogP contribution < -0.4 is 5.32 Å². The summed E-state index contributed by atoms with van der Waals surface area (Å²) in [4.78, 5) is 14.5. The van der Waals surface area contributed by atoms with E-state index in [-0.39, 0.29) is 11.4 Å². The van der Waals surface area contributed by atoms with Crippen molar-refractivity contribution >= 4 is 16.8 Å². The summed E-state index contributed by atoms with van der Waals surface area (Å²) in [6.45, 7) is 0.708. The Labute approximate surface area is 118 Å². The second-order valence-electron chi connectivity index (χ2n) is 5.83. The van der Waals surface area contributed by atoms with Gasteiger partial charge in [0.25, 0.3) is 5.91 Å². The second-order valence-corrected chi connectivity index (χ2v) is 5.83. The smallest absolute Gasteiger partial charge is 0.251 e. The van der Waals surface area contributed by atoms with Crippen LogP contribution in [0, 0.1) is 0 Å². The fourth-order valence-electron chi connectivity index (χ4n) is 2.79. The van der Waals surface area contributed by atoms with Crippen LogP contribution in [0.1, 0.15) is 29.6 Å². The fourth-order valence-corrected chi connectivity index (χ4v) is 2.79. The van der Waals surface area contributed by atoms with Crippen molar-refractivity contribution < 1.29 is 4.79 Å². The first-order valence-corrected chi connectivity index (χ1v) is 6.99. The molecule has 0 atom stereocenters. The molecule has 0 aliphatic heterocycles. The molecule has 2 aromatic rings. The van der Waals surface area contributed by atoms with Gasteiger partial charge in [0.15, 0.2) is 0 Å². The summed E-state index contributed by atoms with van der Waals surface area (Å²) in [5, 5.41) is 10.9. The topological polar surface area (TPSA) is 61.0 Å². The third-order valence-electron chi connectivity index (χ3n) is 4.52. The molecular formula is C15H20N4O. The average molecular weight is 272 g/mol. The summed E-state index contributed by atoms with van der Waals surface area (Å²) in [7, 11) is 4.17. The zero-order valence-electron chi connectivity index (χ0n) is 11.9. The number of aromatic amines is 1. The molecule has 0 bridgehead atoms. The number of hydrogen-bond donors (Lipinski definition) is 2. The van der Waals surface area contributed by atoms with Crippen LogP contribution in [-0.2, 0) is 0 Å². The van der Waals surface area contributed by atoms with E-state index in [4.69, 9.17) is 0 Å². The molecule has 0 radical (unpaired) electrons. The minimum absolute atomic E-state index is 0.0189. The van der Waals surface area contributed by atoms with Crippen molar-refractivity contribution in [3.63, 3.8) is 0 Å². The number of H-pyrrole nitrogens is 1. The predicted octanol–water partition coefficient (Wildman–Crippen LogP) is 1.78. The van der Waals surface area contributed by atoms with Crippen LogP contribution in [-0.4, -0.2) is 47.2 Å². The van der Waals surface area contributed by atoms with Gasteiger partial charge in [-0.15, -0.1) is 0 Å². The molecule has 1 aromatic carbocycles. The number of likely N-dealkylation sites (N-methyl/N-ethyl adjacent to an activating group) is 1. The first kappa shape index (κ1) is 13.1. The highest BCUT2D eigenvalue weighted by atomic mass is 16.1. The van der Waals surface area contributed by atoms with E-state index < -0.39 is 0 Å². The molecule has 0 unspecified atom stereocenters. The molecule has 3 rings (SSSR count). The average Bonchev–Trinajstić information content (AvgIpc) is 2.83. The first-order valence-electron chi connectivity index (χ1n) is 6.99. The lowest BCUT2D eigenvalue weighted by Gasteiger charge is -2.47. The van der Waals surface area contributed by atoms with E-state index >= 15 is 0 Å². The molecule has 1 fully saturated rings. The predicted molar refractivity (Wildman–Crippen MR) is 78.7 cm³/mol. The number of nitrogens with one attached hydrogen (secondary N) is 2. The highest BCUT2D eigenvalue weighted by Gasteiger charge is 2.39. The van der Waals surface area contributed by atoms with Gasteiger partial charge in [0, 0.05) is 23.0 Å². The van der Waals surface area contributed by atoms with Crippen LogP contribution in [0.2, 0.25) is 0 Å². The Morgan fingerprint density at radius 1 is 1.45 bits per heavy atom. The van der Waals surface area contributed by atoms with Gasteiger partial charge in [-0.05, 0) is 45.5 Å². The van der Waals surface area contributed by atoms with Gasteiger partial charge < -0.3 is 10.2 Å².